The van der Waals surface area contributed by atoms with Gasteiger partial charge in [0.2, 0.25) is 0 Å². The van der Waals surface area contributed by atoms with Gasteiger partial charge in [-0.05, 0) is 28.4 Å². The second kappa shape index (κ2) is 5.12. The van der Waals surface area contributed by atoms with Crippen LogP contribution < -0.4 is 0 Å². The van der Waals surface area contributed by atoms with Gasteiger partial charge in [-0.2, -0.15) is 0 Å². The predicted molar refractivity (Wildman–Crippen MR) is 59.1 cm³/mol. The number of oxime groups is 1. The number of benzene rings is 1. The van der Waals surface area contributed by atoms with Crippen LogP contribution in [0, 0.1) is 6.92 Å². The van der Waals surface area contributed by atoms with Crippen LogP contribution in [0.25, 0.3) is 0 Å². The highest BCUT2D eigenvalue weighted by Crippen LogP contribution is 2.21. The molecule has 0 aliphatic carbocycles. The quantitative estimate of drug-likeness (QED) is 0.514. The lowest BCUT2D eigenvalue weighted by molar-refractivity contribution is 0.238. The fourth-order valence-corrected chi connectivity index (χ4v) is 1.66. The predicted octanol–water partition coefficient (Wildman–Crippen LogP) is 2.58. The summed E-state index contributed by atoms with van der Waals surface area (Å²) in [6, 6.07) is 5.77. The number of methoxy groups -OCH3 is 1. The molecule has 0 atom stereocenters. The second-order valence-corrected chi connectivity index (χ2v) is 3.71. The summed E-state index contributed by atoms with van der Waals surface area (Å²) >= 11 is 3.44. The van der Waals surface area contributed by atoms with Crippen molar-refractivity contribution < 1.29 is 9.94 Å². The van der Waals surface area contributed by atoms with Crippen LogP contribution in [0.15, 0.2) is 27.8 Å². The van der Waals surface area contributed by atoms with Crippen LogP contribution >= 0.6 is 15.9 Å². The molecule has 4 heteroatoms. The molecule has 0 aromatic heterocycles. The molecule has 1 rings (SSSR count). The van der Waals surface area contributed by atoms with Crippen LogP contribution in [0.5, 0.6) is 0 Å². The average Bonchev–Trinajstić information content (AvgIpc) is 2.19. The lowest BCUT2D eigenvalue weighted by atomic mass is 10.1. The molecule has 0 radical (unpaired) electrons. The Morgan fingerprint density at radius 2 is 2.29 bits per heavy atom. The molecule has 0 unspecified atom stereocenters. The molecule has 1 N–H and O–H groups in total. The standard InChI is InChI=1S/C10H12BrNO2/c1-7-4-3-5-8(10(7)11)9(12-13)6-14-2/h3-5,13H,6H2,1-2H3/b12-9+. The van der Waals surface area contributed by atoms with E-state index in [0.717, 1.165) is 15.6 Å². The lowest BCUT2D eigenvalue weighted by Gasteiger charge is -2.07. The maximum atomic E-state index is 8.81. The number of rotatable bonds is 3. The van der Waals surface area contributed by atoms with Gasteiger partial charge in [-0.15, -0.1) is 0 Å². The minimum atomic E-state index is 0.290. The van der Waals surface area contributed by atoms with Gasteiger partial charge in [-0.25, -0.2) is 0 Å². The van der Waals surface area contributed by atoms with Crippen molar-refractivity contribution in [3.63, 3.8) is 0 Å². The van der Waals surface area contributed by atoms with E-state index in [4.69, 9.17) is 9.94 Å². The highest BCUT2D eigenvalue weighted by molar-refractivity contribution is 9.10. The van der Waals surface area contributed by atoms with Crippen molar-refractivity contribution in [2.75, 3.05) is 13.7 Å². The zero-order valence-corrected chi connectivity index (χ0v) is 9.71. The Hall–Kier alpha value is -0.870. The van der Waals surface area contributed by atoms with E-state index < -0.39 is 0 Å². The van der Waals surface area contributed by atoms with E-state index in [1.165, 1.54) is 0 Å². The average molecular weight is 258 g/mol. The summed E-state index contributed by atoms with van der Waals surface area (Å²) in [6.45, 7) is 2.27. The van der Waals surface area contributed by atoms with E-state index in [2.05, 4.69) is 21.1 Å². The third kappa shape index (κ3) is 2.33. The maximum absolute atomic E-state index is 8.81. The summed E-state index contributed by atoms with van der Waals surface area (Å²) < 4.78 is 5.87. The zero-order valence-electron chi connectivity index (χ0n) is 8.12. The molecule has 0 fully saturated rings. The van der Waals surface area contributed by atoms with Crippen LogP contribution in [-0.4, -0.2) is 24.6 Å². The van der Waals surface area contributed by atoms with Crippen LogP contribution in [0.3, 0.4) is 0 Å². The Labute approximate surface area is 91.5 Å². The minimum absolute atomic E-state index is 0.290. The molecule has 3 nitrogen and oxygen atoms in total. The number of hydrogen-bond acceptors (Lipinski definition) is 3. The van der Waals surface area contributed by atoms with Crippen molar-refractivity contribution in [2.45, 2.75) is 6.92 Å². The summed E-state index contributed by atoms with van der Waals surface area (Å²) in [5.74, 6) is 0. The molecule has 0 saturated carbocycles. The molecule has 1 aromatic rings. The van der Waals surface area contributed by atoms with Gasteiger partial charge in [-0.1, -0.05) is 23.4 Å². The van der Waals surface area contributed by atoms with Crippen molar-refractivity contribution in [1.29, 1.82) is 0 Å². The van der Waals surface area contributed by atoms with Crippen LogP contribution in [-0.2, 0) is 4.74 Å². The van der Waals surface area contributed by atoms with Gasteiger partial charge in [0.15, 0.2) is 0 Å². The van der Waals surface area contributed by atoms with E-state index in [9.17, 15) is 0 Å². The Bertz CT molecular complexity index is 350. The molecule has 0 aliphatic heterocycles. The number of hydrogen-bond donors (Lipinski definition) is 1. The van der Waals surface area contributed by atoms with Gasteiger partial charge in [0.25, 0.3) is 0 Å². The van der Waals surface area contributed by atoms with Crippen molar-refractivity contribution in [1.82, 2.24) is 0 Å². The summed E-state index contributed by atoms with van der Waals surface area (Å²) in [4.78, 5) is 0. The van der Waals surface area contributed by atoms with Gasteiger partial charge in [0.1, 0.15) is 5.71 Å². The van der Waals surface area contributed by atoms with Gasteiger partial charge >= 0.3 is 0 Å². The highest BCUT2D eigenvalue weighted by Gasteiger charge is 2.09. The third-order valence-corrected chi connectivity index (χ3v) is 2.96. The first-order valence-electron chi connectivity index (χ1n) is 4.16. The summed E-state index contributed by atoms with van der Waals surface area (Å²) in [5.41, 5.74) is 2.47. The summed E-state index contributed by atoms with van der Waals surface area (Å²) in [6.07, 6.45) is 0. The van der Waals surface area contributed by atoms with Crippen LogP contribution in [0.1, 0.15) is 11.1 Å². The molecule has 1 aromatic carbocycles. The van der Waals surface area contributed by atoms with Gasteiger partial charge in [0.05, 0.1) is 6.61 Å². The maximum Gasteiger partial charge on any atom is 0.114 e. The first-order chi connectivity index (χ1) is 6.70. The Balaban J connectivity index is 3.11. The van der Waals surface area contributed by atoms with E-state index in [0.29, 0.717) is 12.3 Å². The van der Waals surface area contributed by atoms with E-state index >= 15 is 0 Å². The second-order valence-electron chi connectivity index (χ2n) is 2.92. The van der Waals surface area contributed by atoms with Gasteiger partial charge in [-0.3, -0.25) is 0 Å². The fourth-order valence-electron chi connectivity index (χ4n) is 1.17. The first-order valence-corrected chi connectivity index (χ1v) is 4.95. The van der Waals surface area contributed by atoms with Gasteiger partial charge < -0.3 is 9.94 Å². The number of aryl methyl sites for hydroxylation is 1. The van der Waals surface area contributed by atoms with Crippen molar-refractivity contribution in [3.8, 4) is 0 Å². The molecule has 0 heterocycles. The Morgan fingerprint density at radius 1 is 1.57 bits per heavy atom. The highest BCUT2D eigenvalue weighted by atomic mass is 79.9. The SMILES string of the molecule is COC/C(=N\O)c1cccc(C)c1Br. The molecule has 0 spiro atoms. The lowest BCUT2D eigenvalue weighted by Crippen LogP contribution is -2.10. The zero-order chi connectivity index (χ0) is 10.6. The summed E-state index contributed by atoms with van der Waals surface area (Å²) in [5, 5.41) is 12.0. The van der Waals surface area contributed by atoms with Gasteiger partial charge in [0, 0.05) is 17.1 Å². The molecule has 14 heavy (non-hydrogen) atoms. The van der Waals surface area contributed by atoms with E-state index in [1.54, 1.807) is 7.11 Å². The number of nitrogens with zero attached hydrogens (tertiary/aromatic N) is 1. The minimum Gasteiger partial charge on any atom is -0.411 e. The monoisotopic (exact) mass is 257 g/mol. The number of ether oxygens (including phenoxy) is 1. The molecule has 0 aliphatic rings. The fraction of sp³-hybridized carbons (Fsp3) is 0.300. The Morgan fingerprint density at radius 3 is 2.86 bits per heavy atom. The molecule has 0 saturated heterocycles. The van der Waals surface area contributed by atoms with Crippen molar-refractivity contribution in [2.24, 2.45) is 5.16 Å². The van der Waals surface area contributed by atoms with E-state index in [-0.39, 0.29) is 0 Å². The smallest absolute Gasteiger partial charge is 0.114 e. The number of halogens is 1. The first kappa shape index (κ1) is 11.2. The molecule has 0 amide bonds. The van der Waals surface area contributed by atoms with Crippen LogP contribution in [0.4, 0.5) is 0 Å². The van der Waals surface area contributed by atoms with Crippen LogP contribution in [0.2, 0.25) is 0 Å². The third-order valence-electron chi connectivity index (χ3n) is 1.90. The molecule has 0 bridgehead atoms. The topological polar surface area (TPSA) is 41.8 Å². The largest absolute Gasteiger partial charge is 0.411 e. The van der Waals surface area contributed by atoms with Crippen molar-refractivity contribution >= 4 is 21.6 Å². The normalized spacial score (nSPS) is 11.8. The van der Waals surface area contributed by atoms with Crippen molar-refractivity contribution in [3.05, 3.63) is 33.8 Å². The molecular formula is C10H12BrNO2. The Kier molecular flexibility index (Phi) is 4.10. The van der Waals surface area contributed by atoms with E-state index in [1.807, 2.05) is 25.1 Å². The molecule has 76 valence electrons. The summed E-state index contributed by atoms with van der Waals surface area (Å²) in [7, 11) is 1.56. The molecular weight excluding hydrogens is 246 g/mol.